The first-order valence-corrected chi connectivity index (χ1v) is 10.7. The van der Waals surface area contributed by atoms with Crippen LogP contribution in [0.25, 0.3) is 0 Å². The van der Waals surface area contributed by atoms with Crippen LogP contribution in [-0.2, 0) is 17.8 Å². The van der Waals surface area contributed by atoms with Gasteiger partial charge in [0.1, 0.15) is 5.82 Å². The molecule has 0 aromatic heterocycles. The summed E-state index contributed by atoms with van der Waals surface area (Å²) in [7, 11) is 2.05. The van der Waals surface area contributed by atoms with Crippen LogP contribution in [0.1, 0.15) is 35.3 Å². The zero-order valence-electron chi connectivity index (χ0n) is 18.5. The summed E-state index contributed by atoms with van der Waals surface area (Å²) in [5.41, 5.74) is 3.18. The number of halogens is 1. The quantitative estimate of drug-likeness (QED) is 0.715. The third-order valence-electron chi connectivity index (χ3n) is 5.46. The van der Waals surface area contributed by atoms with E-state index in [4.69, 9.17) is 0 Å². The molecule has 1 heterocycles. The first-order chi connectivity index (χ1) is 14.8. The Kier molecular flexibility index (Phi) is 7.76. The Bertz CT molecular complexity index is 908. The van der Waals surface area contributed by atoms with Crippen molar-refractivity contribution in [2.24, 2.45) is 0 Å². The van der Waals surface area contributed by atoms with Crippen LogP contribution < -0.4 is 10.6 Å². The molecule has 2 aromatic rings. The fourth-order valence-corrected chi connectivity index (χ4v) is 3.72. The Morgan fingerprint density at radius 1 is 1.03 bits per heavy atom. The standard InChI is InChI=1S/C24H31FN4O2/c1-17(12-19-4-6-22(25)7-5-19)26-16-20-13-21(15-23(14-20)27-18(2)30)24(31)29-10-8-28(3)9-11-29/h4-7,13-15,17,26H,8-12,16H2,1-3H3,(H,27,30)/t17-/m0/s1. The fraction of sp³-hybridized carbons (Fsp3) is 0.417. The summed E-state index contributed by atoms with van der Waals surface area (Å²) in [5, 5.41) is 6.26. The second-order valence-corrected chi connectivity index (χ2v) is 8.31. The van der Waals surface area contributed by atoms with Crippen molar-refractivity contribution in [1.29, 1.82) is 0 Å². The Labute approximate surface area is 183 Å². The van der Waals surface area contributed by atoms with Crippen LogP contribution in [0.15, 0.2) is 42.5 Å². The molecule has 3 rings (SSSR count). The van der Waals surface area contributed by atoms with Gasteiger partial charge < -0.3 is 20.4 Å². The molecule has 1 aliphatic heterocycles. The Hall–Kier alpha value is -2.77. The monoisotopic (exact) mass is 426 g/mol. The van der Waals surface area contributed by atoms with E-state index in [-0.39, 0.29) is 23.7 Å². The zero-order valence-corrected chi connectivity index (χ0v) is 18.5. The molecule has 2 aromatic carbocycles. The topological polar surface area (TPSA) is 64.7 Å². The Morgan fingerprint density at radius 3 is 2.35 bits per heavy atom. The minimum atomic E-state index is -0.239. The highest BCUT2D eigenvalue weighted by molar-refractivity contribution is 5.97. The Balaban J connectivity index is 1.69. The predicted octanol–water partition coefficient (Wildman–Crippen LogP) is 2.89. The summed E-state index contributed by atoms with van der Waals surface area (Å²) >= 11 is 0. The number of hydrogen-bond acceptors (Lipinski definition) is 4. The van der Waals surface area contributed by atoms with Crippen LogP contribution in [-0.4, -0.2) is 60.9 Å². The SMILES string of the molecule is CC(=O)Nc1cc(CN[C@@H](C)Cc2ccc(F)cc2)cc(C(=O)N2CCN(C)CC2)c1. The molecule has 0 unspecified atom stereocenters. The fourth-order valence-electron chi connectivity index (χ4n) is 3.72. The molecule has 1 aliphatic rings. The van der Waals surface area contributed by atoms with E-state index in [1.54, 1.807) is 18.2 Å². The second kappa shape index (κ2) is 10.5. The van der Waals surface area contributed by atoms with E-state index in [0.717, 1.165) is 30.6 Å². The van der Waals surface area contributed by atoms with Gasteiger partial charge in [0.25, 0.3) is 5.91 Å². The van der Waals surface area contributed by atoms with Crippen LogP contribution in [0.4, 0.5) is 10.1 Å². The number of carbonyl (C=O) groups excluding carboxylic acids is 2. The lowest BCUT2D eigenvalue weighted by Gasteiger charge is -2.32. The molecule has 2 N–H and O–H groups in total. The van der Waals surface area contributed by atoms with Crippen molar-refractivity contribution in [3.05, 3.63) is 65.0 Å². The molecule has 1 atom stereocenters. The minimum Gasteiger partial charge on any atom is -0.336 e. The highest BCUT2D eigenvalue weighted by Gasteiger charge is 2.21. The summed E-state index contributed by atoms with van der Waals surface area (Å²) in [6, 6.07) is 12.2. The summed E-state index contributed by atoms with van der Waals surface area (Å²) in [5.74, 6) is -0.426. The average Bonchev–Trinajstić information content (AvgIpc) is 2.73. The van der Waals surface area contributed by atoms with Crippen LogP contribution in [0.2, 0.25) is 0 Å². The van der Waals surface area contributed by atoms with Crippen molar-refractivity contribution in [2.45, 2.75) is 32.9 Å². The smallest absolute Gasteiger partial charge is 0.254 e. The van der Waals surface area contributed by atoms with Crippen LogP contribution in [0.5, 0.6) is 0 Å². The normalized spacial score (nSPS) is 15.5. The van der Waals surface area contributed by atoms with Gasteiger partial charge in [-0.15, -0.1) is 0 Å². The molecule has 7 heteroatoms. The second-order valence-electron chi connectivity index (χ2n) is 8.31. The maximum atomic E-state index is 13.1. The number of rotatable bonds is 7. The highest BCUT2D eigenvalue weighted by Crippen LogP contribution is 2.18. The molecule has 0 aliphatic carbocycles. The number of anilines is 1. The van der Waals surface area contributed by atoms with E-state index in [2.05, 4.69) is 29.5 Å². The van der Waals surface area contributed by atoms with Crippen molar-refractivity contribution in [3.63, 3.8) is 0 Å². The van der Waals surface area contributed by atoms with Crippen LogP contribution in [0.3, 0.4) is 0 Å². The van der Waals surface area contributed by atoms with Crippen molar-refractivity contribution < 1.29 is 14.0 Å². The molecule has 2 amide bonds. The third-order valence-corrected chi connectivity index (χ3v) is 5.46. The molecule has 1 fully saturated rings. The summed E-state index contributed by atoms with van der Waals surface area (Å²) in [6.45, 7) is 7.18. The van der Waals surface area contributed by atoms with Gasteiger partial charge in [-0.05, 0) is 61.9 Å². The van der Waals surface area contributed by atoms with Gasteiger partial charge in [0.15, 0.2) is 0 Å². The summed E-state index contributed by atoms with van der Waals surface area (Å²) in [4.78, 5) is 28.7. The van der Waals surface area contributed by atoms with Crippen LogP contribution >= 0.6 is 0 Å². The van der Waals surface area contributed by atoms with Gasteiger partial charge in [0.2, 0.25) is 5.91 Å². The number of piperazine rings is 1. The summed E-state index contributed by atoms with van der Waals surface area (Å²) in [6.07, 6.45) is 0.763. The predicted molar refractivity (Wildman–Crippen MR) is 121 cm³/mol. The zero-order chi connectivity index (χ0) is 22.4. The first-order valence-electron chi connectivity index (χ1n) is 10.7. The number of carbonyl (C=O) groups is 2. The minimum absolute atomic E-state index is 0.0130. The molecule has 6 nitrogen and oxygen atoms in total. The highest BCUT2D eigenvalue weighted by atomic mass is 19.1. The van der Waals surface area contributed by atoms with Gasteiger partial charge in [-0.2, -0.15) is 0 Å². The lowest BCUT2D eigenvalue weighted by Crippen LogP contribution is -2.47. The molecule has 31 heavy (non-hydrogen) atoms. The van der Waals surface area contributed by atoms with E-state index >= 15 is 0 Å². The van der Waals surface area contributed by atoms with Gasteiger partial charge in [-0.3, -0.25) is 9.59 Å². The maximum Gasteiger partial charge on any atom is 0.254 e. The van der Waals surface area contributed by atoms with Crippen LogP contribution in [0, 0.1) is 5.82 Å². The van der Waals surface area contributed by atoms with E-state index in [0.29, 0.717) is 30.9 Å². The lowest BCUT2D eigenvalue weighted by molar-refractivity contribution is -0.114. The van der Waals surface area contributed by atoms with Crippen molar-refractivity contribution >= 4 is 17.5 Å². The molecular formula is C24H31FN4O2. The molecule has 166 valence electrons. The van der Waals surface area contributed by atoms with Gasteiger partial charge >= 0.3 is 0 Å². The van der Waals surface area contributed by atoms with Crippen molar-refractivity contribution in [1.82, 2.24) is 15.1 Å². The molecule has 0 spiro atoms. The third kappa shape index (κ3) is 6.87. The maximum absolute atomic E-state index is 13.1. The number of nitrogens with one attached hydrogen (secondary N) is 2. The van der Waals surface area contributed by atoms with Crippen molar-refractivity contribution in [2.75, 3.05) is 38.5 Å². The summed E-state index contributed by atoms with van der Waals surface area (Å²) < 4.78 is 13.1. The number of amides is 2. The number of hydrogen-bond donors (Lipinski definition) is 2. The Morgan fingerprint density at radius 2 is 1.71 bits per heavy atom. The average molecular weight is 427 g/mol. The number of benzene rings is 2. The molecule has 0 radical (unpaired) electrons. The van der Waals surface area contributed by atoms with Gasteiger partial charge in [-0.1, -0.05) is 12.1 Å². The number of nitrogens with zero attached hydrogens (tertiary/aromatic N) is 2. The van der Waals surface area contributed by atoms with E-state index in [1.165, 1.54) is 19.1 Å². The number of likely N-dealkylation sites (N-methyl/N-ethyl adjacent to an activating group) is 1. The van der Waals surface area contributed by atoms with Gasteiger partial charge in [-0.25, -0.2) is 4.39 Å². The van der Waals surface area contributed by atoms with E-state index < -0.39 is 0 Å². The molecular weight excluding hydrogens is 395 g/mol. The lowest BCUT2D eigenvalue weighted by atomic mass is 10.0. The first kappa shape index (κ1) is 22.9. The van der Waals surface area contributed by atoms with E-state index in [1.807, 2.05) is 17.0 Å². The molecule has 0 saturated carbocycles. The molecule has 1 saturated heterocycles. The van der Waals surface area contributed by atoms with E-state index in [9.17, 15) is 14.0 Å². The van der Waals surface area contributed by atoms with Crippen molar-refractivity contribution in [3.8, 4) is 0 Å². The largest absolute Gasteiger partial charge is 0.336 e. The molecule has 0 bridgehead atoms. The van der Waals surface area contributed by atoms with Gasteiger partial charge in [0.05, 0.1) is 0 Å². The van der Waals surface area contributed by atoms with Gasteiger partial charge in [0, 0.05) is 56.9 Å².